The Morgan fingerprint density at radius 1 is 1.17 bits per heavy atom. The molecule has 2 heteroatoms. The highest BCUT2D eigenvalue weighted by atomic mass is 15.1. The first-order valence-corrected chi connectivity index (χ1v) is 8.21. The van der Waals surface area contributed by atoms with Gasteiger partial charge in [0.2, 0.25) is 0 Å². The van der Waals surface area contributed by atoms with Crippen LogP contribution in [0.15, 0.2) is 0 Å². The molecule has 0 aromatic carbocycles. The molecule has 0 bridgehead atoms. The first-order valence-electron chi connectivity index (χ1n) is 8.21. The van der Waals surface area contributed by atoms with Crippen LogP contribution in [-0.2, 0) is 0 Å². The molecule has 0 unspecified atom stereocenters. The number of hydrogen-bond acceptors (Lipinski definition) is 2. The molecule has 2 aliphatic rings. The minimum atomic E-state index is 0.777. The summed E-state index contributed by atoms with van der Waals surface area (Å²) in [5.74, 6) is 1.03. The van der Waals surface area contributed by atoms with E-state index in [1.807, 2.05) is 0 Å². The number of rotatable bonds is 7. The summed E-state index contributed by atoms with van der Waals surface area (Å²) in [6, 6.07) is 0. The van der Waals surface area contributed by atoms with Gasteiger partial charge in [-0.15, -0.1) is 0 Å². The maximum atomic E-state index is 3.46. The first-order chi connectivity index (χ1) is 8.78. The predicted molar refractivity (Wildman–Crippen MR) is 78.9 cm³/mol. The van der Waals surface area contributed by atoms with Gasteiger partial charge in [0.15, 0.2) is 0 Å². The average molecular weight is 252 g/mol. The van der Waals surface area contributed by atoms with Gasteiger partial charge >= 0.3 is 0 Å². The molecule has 0 radical (unpaired) electrons. The third kappa shape index (κ3) is 3.71. The molecule has 0 aromatic rings. The van der Waals surface area contributed by atoms with Crippen LogP contribution in [0.4, 0.5) is 0 Å². The molecule has 106 valence electrons. The molecule has 1 aliphatic carbocycles. The van der Waals surface area contributed by atoms with Gasteiger partial charge in [0.05, 0.1) is 0 Å². The zero-order chi connectivity index (χ0) is 12.8. The number of hydrogen-bond donors (Lipinski definition) is 1. The molecule has 1 heterocycles. The molecule has 1 aliphatic heterocycles. The van der Waals surface area contributed by atoms with Crippen molar-refractivity contribution in [3.63, 3.8) is 0 Å². The Morgan fingerprint density at radius 2 is 1.89 bits per heavy atom. The molecule has 0 atom stereocenters. The fraction of sp³-hybridized carbons (Fsp3) is 1.00. The summed E-state index contributed by atoms with van der Waals surface area (Å²) in [6.07, 6.45) is 10.2. The van der Waals surface area contributed by atoms with Crippen LogP contribution in [0.2, 0.25) is 0 Å². The van der Waals surface area contributed by atoms with E-state index < -0.39 is 0 Å². The topological polar surface area (TPSA) is 15.3 Å². The van der Waals surface area contributed by atoms with E-state index in [4.69, 9.17) is 0 Å². The molecule has 1 saturated heterocycles. The quantitative estimate of drug-likeness (QED) is 0.700. The molecule has 1 N–H and O–H groups in total. The Morgan fingerprint density at radius 3 is 2.50 bits per heavy atom. The molecule has 1 spiro atoms. The predicted octanol–water partition coefficient (Wildman–Crippen LogP) is 3.28. The highest BCUT2D eigenvalue weighted by molar-refractivity contribution is 4.96. The monoisotopic (exact) mass is 252 g/mol. The lowest BCUT2D eigenvalue weighted by molar-refractivity contribution is -0.0159. The second kappa shape index (κ2) is 6.91. The highest BCUT2D eigenvalue weighted by Crippen LogP contribution is 2.53. The second-order valence-electron chi connectivity index (χ2n) is 6.61. The molecule has 18 heavy (non-hydrogen) atoms. The van der Waals surface area contributed by atoms with Crippen molar-refractivity contribution < 1.29 is 0 Å². The molecule has 1 saturated carbocycles. The second-order valence-corrected chi connectivity index (χ2v) is 6.61. The summed E-state index contributed by atoms with van der Waals surface area (Å²) in [4.78, 5) is 2.70. The highest BCUT2D eigenvalue weighted by Gasteiger charge is 2.44. The van der Waals surface area contributed by atoms with Gasteiger partial charge < -0.3 is 10.2 Å². The van der Waals surface area contributed by atoms with Crippen LogP contribution in [0.25, 0.3) is 0 Å². The maximum absolute atomic E-state index is 3.46. The van der Waals surface area contributed by atoms with E-state index in [0.29, 0.717) is 0 Å². The summed E-state index contributed by atoms with van der Waals surface area (Å²) >= 11 is 0. The van der Waals surface area contributed by atoms with E-state index in [0.717, 1.165) is 17.9 Å². The smallest absolute Gasteiger partial charge is 0.00134 e. The third-order valence-electron chi connectivity index (χ3n) is 5.17. The van der Waals surface area contributed by atoms with Crippen LogP contribution in [-0.4, -0.2) is 37.6 Å². The number of nitrogens with zero attached hydrogens (tertiary/aromatic N) is 1. The van der Waals surface area contributed by atoms with Gasteiger partial charge in [0, 0.05) is 0 Å². The molecule has 0 amide bonds. The molecular formula is C16H32N2. The van der Waals surface area contributed by atoms with Crippen molar-refractivity contribution in [1.29, 1.82) is 0 Å². The first kappa shape index (κ1) is 14.3. The largest absolute Gasteiger partial charge is 0.317 e. The molecular weight excluding hydrogens is 220 g/mol. The normalized spacial score (nSPS) is 24.3. The average Bonchev–Trinajstić information content (AvgIpc) is 2.36. The van der Waals surface area contributed by atoms with Crippen LogP contribution >= 0.6 is 0 Å². The molecule has 2 rings (SSSR count). The lowest BCUT2D eigenvalue weighted by Gasteiger charge is -2.52. The summed E-state index contributed by atoms with van der Waals surface area (Å²) in [5.41, 5.74) is 0.777. The van der Waals surface area contributed by atoms with E-state index in [1.54, 1.807) is 0 Å². The van der Waals surface area contributed by atoms with Gasteiger partial charge in [-0.05, 0) is 82.6 Å². The van der Waals surface area contributed by atoms with Gasteiger partial charge in [-0.25, -0.2) is 0 Å². The van der Waals surface area contributed by atoms with Crippen molar-refractivity contribution in [2.45, 2.75) is 58.8 Å². The minimum Gasteiger partial charge on any atom is -0.317 e. The third-order valence-corrected chi connectivity index (χ3v) is 5.17. The number of unbranched alkanes of at least 4 members (excludes halogenated alkanes) is 1. The van der Waals surface area contributed by atoms with E-state index in [1.165, 1.54) is 71.1 Å². The summed E-state index contributed by atoms with van der Waals surface area (Å²) in [5, 5.41) is 3.46. The fourth-order valence-corrected chi connectivity index (χ4v) is 3.89. The molecule has 2 fully saturated rings. The summed E-state index contributed by atoms with van der Waals surface area (Å²) in [6.45, 7) is 11.0. The van der Waals surface area contributed by atoms with Gasteiger partial charge in [-0.2, -0.15) is 0 Å². The zero-order valence-corrected chi connectivity index (χ0v) is 12.5. The van der Waals surface area contributed by atoms with Crippen LogP contribution in [0.3, 0.4) is 0 Å². The maximum Gasteiger partial charge on any atom is -0.00134 e. The Labute approximate surface area is 114 Å². The SMILES string of the molecule is CCCCN1CCC2(CC1)CC(CCNCC)C2. The van der Waals surface area contributed by atoms with Crippen LogP contribution < -0.4 is 5.32 Å². The van der Waals surface area contributed by atoms with Crippen LogP contribution in [0, 0.1) is 11.3 Å². The van der Waals surface area contributed by atoms with E-state index in [2.05, 4.69) is 24.1 Å². The Balaban J connectivity index is 1.59. The van der Waals surface area contributed by atoms with Crippen molar-refractivity contribution in [2.75, 3.05) is 32.7 Å². The summed E-state index contributed by atoms with van der Waals surface area (Å²) in [7, 11) is 0. The standard InChI is InChI=1S/C16H32N2/c1-3-5-10-18-11-7-16(8-12-18)13-15(14-16)6-9-17-4-2/h15,17H,3-14H2,1-2H3. The number of likely N-dealkylation sites (tertiary alicyclic amines) is 1. The van der Waals surface area contributed by atoms with Crippen LogP contribution in [0.1, 0.15) is 58.8 Å². The number of piperidine rings is 1. The van der Waals surface area contributed by atoms with Crippen LogP contribution in [0.5, 0.6) is 0 Å². The lowest BCUT2D eigenvalue weighted by atomic mass is 9.57. The molecule has 0 aromatic heterocycles. The van der Waals surface area contributed by atoms with Crippen molar-refractivity contribution >= 4 is 0 Å². The minimum absolute atomic E-state index is 0.777. The van der Waals surface area contributed by atoms with E-state index in [-0.39, 0.29) is 0 Å². The van der Waals surface area contributed by atoms with Crippen molar-refractivity contribution in [1.82, 2.24) is 10.2 Å². The van der Waals surface area contributed by atoms with E-state index in [9.17, 15) is 0 Å². The van der Waals surface area contributed by atoms with Crippen molar-refractivity contribution in [3.05, 3.63) is 0 Å². The van der Waals surface area contributed by atoms with Crippen molar-refractivity contribution in [3.8, 4) is 0 Å². The Kier molecular flexibility index (Phi) is 5.50. The van der Waals surface area contributed by atoms with Gasteiger partial charge in [0.25, 0.3) is 0 Å². The fourth-order valence-electron chi connectivity index (χ4n) is 3.89. The van der Waals surface area contributed by atoms with Gasteiger partial charge in [0.1, 0.15) is 0 Å². The van der Waals surface area contributed by atoms with Gasteiger partial charge in [-0.1, -0.05) is 20.3 Å². The van der Waals surface area contributed by atoms with E-state index >= 15 is 0 Å². The zero-order valence-electron chi connectivity index (χ0n) is 12.5. The number of nitrogens with one attached hydrogen (secondary N) is 1. The lowest BCUT2D eigenvalue weighted by Crippen LogP contribution is -2.47. The summed E-state index contributed by atoms with van der Waals surface area (Å²) < 4.78 is 0. The van der Waals surface area contributed by atoms with Crippen molar-refractivity contribution in [2.24, 2.45) is 11.3 Å². The molecule has 2 nitrogen and oxygen atoms in total. The Bertz CT molecular complexity index is 216. The van der Waals surface area contributed by atoms with Gasteiger partial charge in [-0.3, -0.25) is 0 Å². The Hall–Kier alpha value is -0.0800.